The van der Waals surface area contributed by atoms with Gasteiger partial charge in [-0.15, -0.1) is 0 Å². The fraction of sp³-hybridized carbons (Fsp3) is 0.536. The molecule has 2 saturated heterocycles. The molecule has 194 valence electrons. The third-order valence-corrected chi connectivity index (χ3v) is 7.93. The van der Waals surface area contributed by atoms with Crippen LogP contribution >= 0.6 is 0 Å². The van der Waals surface area contributed by atoms with E-state index in [2.05, 4.69) is 33.0 Å². The molecule has 0 radical (unpaired) electrons. The van der Waals surface area contributed by atoms with Crippen molar-refractivity contribution in [1.82, 2.24) is 0 Å². The Balaban J connectivity index is 0.00000320. The number of benzene rings is 2. The molecule has 37 heavy (non-hydrogen) atoms. The predicted molar refractivity (Wildman–Crippen MR) is 137 cm³/mol. The largest absolute Gasteiger partial charge is 1.00 e. The zero-order valence-electron chi connectivity index (χ0n) is 22.3. The minimum Gasteiger partial charge on any atom is -0.650 e. The molecule has 1 amide bonds. The van der Waals surface area contributed by atoms with Crippen molar-refractivity contribution in [1.29, 1.82) is 0 Å². The van der Waals surface area contributed by atoms with Crippen LogP contribution in [0.5, 0.6) is 17.2 Å². The summed E-state index contributed by atoms with van der Waals surface area (Å²) in [6, 6.07) is 7.27. The third kappa shape index (κ3) is 5.58. The molecule has 0 bridgehead atoms. The van der Waals surface area contributed by atoms with Gasteiger partial charge in [-0.1, -0.05) is 30.4 Å². The number of para-hydroxylation sites is 1. The number of carbonyl (C=O) groups excluding carboxylic acids is 1. The van der Waals surface area contributed by atoms with Crippen LogP contribution in [0.1, 0.15) is 70.2 Å². The van der Waals surface area contributed by atoms with Gasteiger partial charge in [0.25, 0.3) is 5.91 Å². The van der Waals surface area contributed by atoms with Crippen LogP contribution in [0, 0.1) is 5.92 Å². The van der Waals surface area contributed by atoms with Crippen molar-refractivity contribution >= 4 is 23.0 Å². The average molecular weight is 503 g/mol. The maximum atomic E-state index is 13.5. The second-order valence-corrected chi connectivity index (χ2v) is 11.2. The summed E-state index contributed by atoms with van der Waals surface area (Å²) in [4.78, 5) is 15.0. The third-order valence-electron chi connectivity index (χ3n) is 7.93. The van der Waals surface area contributed by atoms with Crippen molar-refractivity contribution in [2.24, 2.45) is 5.92 Å². The van der Waals surface area contributed by atoms with Gasteiger partial charge < -0.3 is 35.0 Å². The Morgan fingerprint density at radius 1 is 1.00 bits per heavy atom. The molecule has 3 heterocycles. The Bertz CT molecular complexity index is 1190. The second-order valence-electron chi connectivity index (χ2n) is 11.2. The monoisotopic (exact) mass is 502 g/mol. The van der Waals surface area contributed by atoms with Crippen molar-refractivity contribution in [3.05, 3.63) is 41.2 Å². The van der Waals surface area contributed by atoms with E-state index >= 15 is 0 Å². The summed E-state index contributed by atoms with van der Waals surface area (Å²) in [6.07, 6.45) is 5.27. The number of phenolic OH excluding ortho intramolecular Hbond substituents is 3. The fourth-order valence-electron chi connectivity index (χ4n) is 5.28. The first kappa shape index (κ1) is 27.7. The van der Waals surface area contributed by atoms with Crippen LogP contribution in [0.15, 0.2) is 30.3 Å². The van der Waals surface area contributed by atoms with E-state index in [1.807, 2.05) is 0 Å². The molecule has 3 N–H and O–H groups in total. The zero-order chi connectivity index (χ0) is 25.8. The van der Waals surface area contributed by atoms with Crippen LogP contribution in [0.25, 0.3) is 5.32 Å². The molecule has 3 aliphatic rings. The zero-order valence-corrected chi connectivity index (χ0v) is 22.3. The molecule has 0 spiro atoms. The summed E-state index contributed by atoms with van der Waals surface area (Å²) >= 11 is 0. The molecule has 8 nitrogen and oxygen atoms in total. The van der Waals surface area contributed by atoms with Crippen molar-refractivity contribution in [2.75, 3.05) is 11.4 Å². The Labute approximate surface area is 230 Å². The Morgan fingerprint density at radius 3 is 2.43 bits per heavy atom. The molecule has 2 fully saturated rings. The van der Waals surface area contributed by atoms with Gasteiger partial charge in [0.05, 0.1) is 23.4 Å². The van der Waals surface area contributed by atoms with Gasteiger partial charge in [0.2, 0.25) is 0 Å². The van der Waals surface area contributed by atoms with E-state index in [-0.39, 0.29) is 76.3 Å². The smallest absolute Gasteiger partial charge is 0.650 e. The van der Waals surface area contributed by atoms with Gasteiger partial charge in [-0.05, 0) is 64.9 Å². The number of aromatic hydroxyl groups is 3. The molecule has 2 aromatic carbocycles. The van der Waals surface area contributed by atoms with Gasteiger partial charge in [0.1, 0.15) is 17.2 Å². The first-order valence-electron chi connectivity index (χ1n) is 12.8. The van der Waals surface area contributed by atoms with Gasteiger partial charge in [-0.2, -0.15) is 0 Å². The van der Waals surface area contributed by atoms with E-state index in [0.717, 1.165) is 32.1 Å². The van der Waals surface area contributed by atoms with Crippen LogP contribution in [0.4, 0.5) is 17.1 Å². The van der Waals surface area contributed by atoms with Crippen molar-refractivity contribution in [3.63, 3.8) is 0 Å². The molecule has 5 rings (SSSR count). The van der Waals surface area contributed by atoms with E-state index in [1.165, 1.54) is 23.1 Å². The first-order chi connectivity index (χ1) is 17.0. The van der Waals surface area contributed by atoms with E-state index in [4.69, 9.17) is 9.47 Å². The minimum atomic E-state index is -0.330. The average Bonchev–Trinajstić information content (AvgIpc) is 3.67. The summed E-state index contributed by atoms with van der Waals surface area (Å²) in [5.41, 5.74) is 0.790. The van der Waals surface area contributed by atoms with Crippen LogP contribution in [0.2, 0.25) is 0 Å². The molecular weight excluding hydrogens is 467 g/mol. The van der Waals surface area contributed by atoms with Gasteiger partial charge in [0, 0.05) is 29.9 Å². The fourth-order valence-corrected chi connectivity index (χ4v) is 5.28. The van der Waals surface area contributed by atoms with Gasteiger partial charge in [0.15, 0.2) is 0 Å². The number of amides is 1. The number of hydrogen-bond acceptors (Lipinski definition) is 6. The van der Waals surface area contributed by atoms with E-state index in [1.54, 1.807) is 12.1 Å². The molecular formula is C28H35LiN2O6. The number of hydrogen-bond donors (Lipinski definition) is 3. The molecule has 0 aromatic heterocycles. The number of ether oxygens (including phenoxy) is 2. The Kier molecular flexibility index (Phi) is 7.53. The van der Waals surface area contributed by atoms with Crippen molar-refractivity contribution in [2.45, 2.75) is 83.2 Å². The number of epoxide rings is 2. The van der Waals surface area contributed by atoms with Crippen LogP contribution < -0.4 is 23.8 Å². The van der Waals surface area contributed by atoms with Crippen molar-refractivity contribution < 1.29 is 48.4 Å². The van der Waals surface area contributed by atoms with Crippen molar-refractivity contribution in [3.8, 4) is 17.2 Å². The summed E-state index contributed by atoms with van der Waals surface area (Å²) in [6.45, 7) is 8.97. The van der Waals surface area contributed by atoms with Gasteiger partial charge in [-0.25, -0.2) is 0 Å². The number of fused-ring (bicyclic) bond motifs is 2. The first-order valence-corrected chi connectivity index (χ1v) is 12.8. The van der Waals surface area contributed by atoms with E-state index in [9.17, 15) is 20.1 Å². The molecule has 2 aromatic rings. The predicted octanol–water partition coefficient (Wildman–Crippen LogP) is 3.03. The van der Waals surface area contributed by atoms with Gasteiger partial charge in [-0.3, -0.25) is 4.79 Å². The standard InChI is InChI=1S/C28H36N2O6.Li/c1-16(8-9-23-28(4,36-23)12-10-22-27(2,3)35-22)11-13-30-19-14-17(31)15-21(33)25(19)29-24-18(26(30)34)6-5-7-20(24)32;/h5-7,14-16,22-23H,8-13H2,1-4H3,(H4,29,31,32,33,34);/q;+1/p-1. The summed E-state index contributed by atoms with van der Waals surface area (Å²) in [5.74, 6) is -0.553. The summed E-state index contributed by atoms with van der Waals surface area (Å²) < 4.78 is 11.7. The van der Waals surface area contributed by atoms with E-state index < -0.39 is 0 Å². The Hall–Kier alpha value is -2.37. The Morgan fingerprint density at radius 2 is 1.73 bits per heavy atom. The number of anilines is 1. The SMILES string of the molecule is CC(CCC1OC1(C)CCC1OC1(C)C)CCN1C(=O)c2cccc(O)c2[N-]c2c(O)cc(O)cc21.[Li+]. The normalized spacial score (nSPS) is 25.7. The minimum absolute atomic E-state index is 0. The molecule has 0 aliphatic carbocycles. The number of phenols is 3. The number of carbonyl (C=O) groups is 1. The molecule has 4 unspecified atom stereocenters. The van der Waals surface area contributed by atoms with Crippen LogP contribution in [-0.2, 0) is 9.47 Å². The molecule has 4 atom stereocenters. The van der Waals surface area contributed by atoms with Crippen LogP contribution in [0.3, 0.4) is 0 Å². The number of nitrogens with zero attached hydrogens (tertiary/aromatic N) is 2. The topological polar surface area (TPSA) is 120 Å². The summed E-state index contributed by atoms with van der Waals surface area (Å²) in [5, 5.41) is 35.3. The molecule has 9 heteroatoms. The number of rotatable bonds is 9. The van der Waals surface area contributed by atoms with Crippen LogP contribution in [-0.4, -0.2) is 51.2 Å². The molecule has 3 aliphatic heterocycles. The molecule has 0 saturated carbocycles. The van der Waals surface area contributed by atoms with E-state index in [0.29, 0.717) is 24.3 Å². The van der Waals surface area contributed by atoms with Gasteiger partial charge >= 0.3 is 18.9 Å². The summed E-state index contributed by atoms with van der Waals surface area (Å²) in [7, 11) is 0. The maximum Gasteiger partial charge on any atom is 1.00 e. The quantitative estimate of drug-likeness (QED) is 0.358. The maximum absolute atomic E-state index is 13.5. The second kappa shape index (κ2) is 10.1.